The van der Waals surface area contributed by atoms with Gasteiger partial charge in [-0.25, -0.2) is 0 Å². The molecule has 3 fully saturated rings. The van der Waals surface area contributed by atoms with Crippen molar-refractivity contribution in [3.8, 4) is 0 Å². The predicted octanol–water partition coefficient (Wildman–Crippen LogP) is 2.46. The normalized spacial score (nSPS) is 28.2. The highest BCUT2D eigenvalue weighted by Crippen LogP contribution is 2.31. The second-order valence-corrected chi connectivity index (χ2v) is 6.10. The minimum Gasteiger partial charge on any atom is -0.380 e. The number of rotatable bonds is 3. The molecular weight excluding hydrogens is 250 g/mol. The molecule has 0 spiro atoms. The summed E-state index contributed by atoms with van der Waals surface area (Å²) in [6, 6.07) is 6.62. The van der Waals surface area contributed by atoms with Gasteiger partial charge in [0.2, 0.25) is 5.91 Å². The first-order chi connectivity index (χ1) is 9.61. The van der Waals surface area contributed by atoms with Crippen LogP contribution in [0.1, 0.15) is 25.3 Å². The lowest BCUT2D eigenvalue weighted by Gasteiger charge is -2.45. The molecule has 0 aromatic heterocycles. The van der Waals surface area contributed by atoms with Crippen LogP contribution in [0.25, 0.3) is 0 Å². The fourth-order valence-electron chi connectivity index (χ4n) is 3.39. The number of fused-ring (bicyclic) bond motifs is 3. The molecule has 108 valence electrons. The molecule has 1 amide bonds. The Bertz CT molecular complexity index is 506. The Morgan fingerprint density at radius 1 is 1.30 bits per heavy atom. The number of carbonyl (C=O) groups is 1. The summed E-state index contributed by atoms with van der Waals surface area (Å²) in [5.41, 5.74) is 3.25. The molecule has 0 saturated carbocycles. The molecule has 0 aliphatic carbocycles. The van der Waals surface area contributed by atoms with Crippen LogP contribution in [-0.2, 0) is 4.79 Å². The van der Waals surface area contributed by atoms with Crippen molar-refractivity contribution in [2.45, 2.75) is 32.7 Å². The first-order valence-corrected chi connectivity index (χ1v) is 7.49. The first kappa shape index (κ1) is 13.4. The highest BCUT2D eigenvalue weighted by molar-refractivity contribution is 5.89. The number of hydrogen-bond acceptors (Lipinski definition) is 3. The standard InChI is InChI=1S/C16H23N3O/c1-11-3-4-14(17-12(2)20)9-15(11)18-16-10-19-7-5-13(16)6-8-19/h3-4,9,13,16,18H,5-8,10H2,1-2H3,(H,17,20). The summed E-state index contributed by atoms with van der Waals surface area (Å²) in [6.07, 6.45) is 2.62. The van der Waals surface area contributed by atoms with Crippen LogP contribution in [0.2, 0.25) is 0 Å². The summed E-state index contributed by atoms with van der Waals surface area (Å²) in [4.78, 5) is 13.7. The molecule has 0 radical (unpaired) electrons. The lowest BCUT2D eigenvalue weighted by Crippen LogP contribution is -2.53. The van der Waals surface area contributed by atoms with E-state index in [1.807, 2.05) is 12.1 Å². The molecule has 3 aliphatic heterocycles. The number of aryl methyl sites for hydroxylation is 1. The lowest BCUT2D eigenvalue weighted by atomic mass is 9.84. The molecule has 3 saturated heterocycles. The van der Waals surface area contributed by atoms with Gasteiger partial charge < -0.3 is 15.5 Å². The third kappa shape index (κ3) is 2.80. The number of amides is 1. The van der Waals surface area contributed by atoms with Crippen molar-refractivity contribution in [2.24, 2.45) is 5.92 Å². The summed E-state index contributed by atoms with van der Waals surface area (Å²) in [6.45, 7) is 7.32. The molecule has 1 aromatic rings. The van der Waals surface area contributed by atoms with Gasteiger partial charge in [0.05, 0.1) is 0 Å². The van der Waals surface area contributed by atoms with Crippen LogP contribution in [0.5, 0.6) is 0 Å². The molecule has 2 bridgehead atoms. The van der Waals surface area contributed by atoms with E-state index < -0.39 is 0 Å². The minimum absolute atomic E-state index is 0.0253. The Labute approximate surface area is 120 Å². The molecule has 3 heterocycles. The minimum atomic E-state index is -0.0253. The Morgan fingerprint density at radius 3 is 2.65 bits per heavy atom. The van der Waals surface area contributed by atoms with Gasteiger partial charge in [0, 0.05) is 30.9 Å². The average Bonchev–Trinajstić information content (AvgIpc) is 2.43. The molecule has 2 N–H and O–H groups in total. The zero-order valence-electron chi connectivity index (χ0n) is 12.3. The van der Waals surface area contributed by atoms with Crippen molar-refractivity contribution >= 4 is 17.3 Å². The van der Waals surface area contributed by atoms with E-state index in [4.69, 9.17) is 0 Å². The number of benzene rings is 1. The molecule has 20 heavy (non-hydrogen) atoms. The predicted molar refractivity (Wildman–Crippen MR) is 82.1 cm³/mol. The summed E-state index contributed by atoms with van der Waals surface area (Å²) >= 11 is 0. The van der Waals surface area contributed by atoms with Gasteiger partial charge in [-0.05, 0) is 56.5 Å². The zero-order chi connectivity index (χ0) is 14.1. The van der Waals surface area contributed by atoms with Crippen molar-refractivity contribution < 1.29 is 4.79 Å². The first-order valence-electron chi connectivity index (χ1n) is 7.49. The molecular formula is C16H23N3O. The van der Waals surface area contributed by atoms with Crippen molar-refractivity contribution in [1.82, 2.24) is 4.90 Å². The smallest absolute Gasteiger partial charge is 0.221 e. The number of anilines is 2. The van der Waals surface area contributed by atoms with Gasteiger partial charge in [0.25, 0.3) is 0 Å². The van der Waals surface area contributed by atoms with Crippen LogP contribution in [0.3, 0.4) is 0 Å². The third-order valence-corrected chi connectivity index (χ3v) is 4.56. The van der Waals surface area contributed by atoms with Gasteiger partial charge in [-0.3, -0.25) is 4.79 Å². The van der Waals surface area contributed by atoms with E-state index in [1.165, 1.54) is 31.5 Å². The van der Waals surface area contributed by atoms with Gasteiger partial charge in [0.1, 0.15) is 0 Å². The highest BCUT2D eigenvalue weighted by Gasteiger charge is 2.34. The third-order valence-electron chi connectivity index (χ3n) is 4.56. The molecule has 4 nitrogen and oxygen atoms in total. The van der Waals surface area contributed by atoms with Crippen LogP contribution in [-0.4, -0.2) is 36.5 Å². The van der Waals surface area contributed by atoms with E-state index in [9.17, 15) is 4.79 Å². The molecule has 1 unspecified atom stereocenters. The van der Waals surface area contributed by atoms with E-state index in [0.717, 1.165) is 23.8 Å². The maximum Gasteiger partial charge on any atom is 0.221 e. The van der Waals surface area contributed by atoms with E-state index in [0.29, 0.717) is 6.04 Å². The number of carbonyl (C=O) groups excluding carboxylic acids is 1. The van der Waals surface area contributed by atoms with Gasteiger partial charge in [-0.2, -0.15) is 0 Å². The van der Waals surface area contributed by atoms with Crippen LogP contribution >= 0.6 is 0 Å². The van der Waals surface area contributed by atoms with Crippen molar-refractivity contribution in [3.63, 3.8) is 0 Å². The van der Waals surface area contributed by atoms with Gasteiger partial charge in [-0.1, -0.05) is 6.07 Å². The maximum absolute atomic E-state index is 11.2. The van der Waals surface area contributed by atoms with E-state index >= 15 is 0 Å². The van der Waals surface area contributed by atoms with E-state index in [1.54, 1.807) is 6.92 Å². The monoisotopic (exact) mass is 273 g/mol. The Balaban J connectivity index is 1.74. The quantitative estimate of drug-likeness (QED) is 0.889. The molecule has 4 rings (SSSR count). The van der Waals surface area contributed by atoms with Gasteiger partial charge in [-0.15, -0.1) is 0 Å². The largest absolute Gasteiger partial charge is 0.380 e. The van der Waals surface area contributed by atoms with Gasteiger partial charge in [0.15, 0.2) is 0 Å². The van der Waals surface area contributed by atoms with Crippen LogP contribution in [0.15, 0.2) is 18.2 Å². The zero-order valence-corrected chi connectivity index (χ0v) is 12.3. The summed E-state index contributed by atoms with van der Waals surface area (Å²) in [5, 5.41) is 6.56. The number of hydrogen-bond donors (Lipinski definition) is 2. The van der Waals surface area contributed by atoms with Crippen LogP contribution < -0.4 is 10.6 Å². The van der Waals surface area contributed by atoms with Crippen molar-refractivity contribution in [2.75, 3.05) is 30.3 Å². The Morgan fingerprint density at radius 2 is 2.05 bits per heavy atom. The molecule has 4 heteroatoms. The number of nitrogens with zero attached hydrogens (tertiary/aromatic N) is 1. The second-order valence-electron chi connectivity index (χ2n) is 6.10. The average molecular weight is 273 g/mol. The fraction of sp³-hybridized carbons (Fsp3) is 0.562. The van der Waals surface area contributed by atoms with E-state index in [2.05, 4.69) is 28.5 Å². The lowest BCUT2D eigenvalue weighted by molar-refractivity contribution is -0.114. The topological polar surface area (TPSA) is 44.4 Å². The van der Waals surface area contributed by atoms with Crippen LogP contribution in [0, 0.1) is 12.8 Å². The summed E-state index contributed by atoms with van der Waals surface area (Å²) in [7, 11) is 0. The molecule has 3 aliphatic rings. The van der Waals surface area contributed by atoms with Crippen molar-refractivity contribution in [3.05, 3.63) is 23.8 Å². The Hall–Kier alpha value is -1.55. The number of piperidine rings is 3. The van der Waals surface area contributed by atoms with Crippen molar-refractivity contribution in [1.29, 1.82) is 0 Å². The SMILES string of the molecule is CC(=O)Nc1ccc(C)c(NC2CN3CCC2CC3)c1. The Kier molecular flexibility index (Phi) is 3.66. The second kappa shape index (κ2) is 5.44. The molecule has 1 atom stereocenters. The summed E-state index contributed by atoms with van der Waals surface area (Å²) in [5.74, 6) is 0.770. The summed E-state index contributed by atoms with van der Waals surface area (Å²) < 4.78 is 0. The van der Waals surface area contributed by atoms with Crippen LogP contribution in [0.4, 0.5) is 11.4 Å². The fourth-order valence-corrected chi connectivity index (χ4v) is 3.39. The number of nitrogens with one attached hydrogen (secondary N) is 2. The van der Waals surface area contributed by atoms with E-state index in [-0.39, 0.29) is 5.91 Å². The van der Waals surface area contributed by atoms with Gasteiger partial charge >= 0.3 is 0 Å². The highest BCUT2D eigenvalue weighted by atomic mass is 16.1. The molecule has 1 aromatic carbocycles. The maximum atomic E-state index is 11.2.